The number of carbonyl (C=O) groups excluding carboxylic acids is 2. The van der Waals surface area contributed by atoms with E-state index >= 15 is 0 Å². The highest BCUT2D eigenvalue weighted by molar-refractivity contribution is 9.10. The first kappa shape index (κ1) is 19.6. The molecule has 1 saturated heterocycles. The van der Waals surface area contributed by atoms with Gasteiger partial charge in [-0.1, -0.05) is 39.3 Å². The Kier molecular flexibility index (Phi) is 6.63. The quantitative estimate of drug-likeness (QED) is 0.755. The lowest BCUT2D eigenvalue weighted by Gasteiger charge is -2.34. The van der Waals surface area contributed by atoms with E-state index in [1.165, 1.54) is 0 Å². The molecule has 2 amide bonds. The molecule has 2 heterocycles. The van der Waals surface area contributed by atoms with Crippen molar-refractivity contribution in [2.75, 3.05) is 38.0 Å². The number of carbonyl (C=O) groups is 2. The summed E-state index contributed by atoms with van der Waals surface area (Å²) in [7, 11) is 0. The number of benzene rings is 1. The fourth-order valence-electron chi connectivity index (χ4n) is 3.07. The molecule has 1 aliphatic heterocycles. The van der Waals surface area contributed by atoms with Crippen LogP contribution in [0.4, 0.5) is 5.82 Å². The molecule has 27 heavy (non-hydrogen) atoms. The topological polar surface area (TPSA) is 78.7 Å². The van der Waals surface area contributed by atoms with Crippen LogP contribution in [0.25, 0.3) is 0 Å². The highest BCUT2D eigenvalue weighted by Gasteiger charge is 2.22. The Balaban J connectivity index is 1.39. The molecule has 144 valence electrons. The summed E-state index contributed by atoms with van der Waals surface area (Å²) < 4.78 is 5.97. The molecule has 1 N–H and O–H groups in total. The predicted octanol–water partition coefficient (Wildman–Crippen LogP) is 2.46. The second-order valence-electron chi connectivity index (χ2n) is 6.62. The second-order valence-corrected chi connectivity index (χ2v) is 7.47. The summed E-state index contributed by atoms with van der Waals surface area (Å²) in [5, 5.41) is 6.47. The Morgan fingerprint density at radius 2 is 1.96 bits per heavy atom. The molecule has 0 bridgehead atoms. The summed E-state index contributed by atoms with van der Waals surface area (Å²) in [4.78, 5) is 28.4. The molecule has 7 nitrogen and oxygen atoms in total. The van der Waals surface area contributed by atoms with Crippen LogP contribution in [0.3, 0.4) is 0 Å². The number of anilines is 1. The number of rotatable bonds is 6. The van der Waals surface area contributed by atoms with E-state index in [2.05, 4.69) is 26.4 Å². The summed E-state index contributed by atoms with van der Waals surface area (Å²) in [6.45, 7) is 4.72. The number of nitrogens with zero attached hydrogens (tertiary/aromatic N) is 3. The highest BCUT2D eigenvalue weighted by Crippen LogP contribution is 2.18. The van der Waals surface area contributed by atoms with Gasteiger partial charge in [0, 0.05) is 43.1 Å². The summed E-state index contributed by atoms with van der Waals surface area (Å²) in [5.41, 5.74) is 1.14. The standard InChI is InChI=1S/C19H23BrN4O3/c1-14-12-17(22-27-14)21-18(25)13-23-8-10-24(11-9-23)19(26)7-6-15-4-2-3-5-16(15)20/h2-5,12H,6-11,13H2,1H3,(H,21,22,25). The molecule has 2 aromatic rings. The van der Waals surface area contributed by atoms with E-state index in [9.17, 15) is 9.59 Å². The third kappa shape index (κ3) is 5.64. The van der Waals surface area contributed by atoms with E-state index in [4.69, 9.17) is 4.52 Å². The zero-order valence-corrected chi connectivity index (χ0v) is 16.9. The second kappa shape index (κ2) is 9.14. The van der Waals surface area contributed by atoms with Crippen molar-refractivity contribution in [3.63, 3.8) is 0 Å². The molecule has 0 unspecified atom stereocenters. The van der Waals surface area contributed by atoms with Crippen LogP contribution in [-0.4, -0.2) is 59.5 Å². The van der Waals surface area contributed by atoms with Crippen molar-refractivity contribution in [1.29, 1.82) is 0 Å². The molecule has 8 heteroatoms. The molecule has 3 rings (SSSR count). The van der Waals surface area contributed by atoms with Gasteiger partial charge in [-0.3, -0.25) is 14.5 Å². The Hall–Kier alpha value is -2.19. The SMILES string of the molecule is Cc1cc(NC(=O)CN2CCN(C(=O)CCc3ccccc3Br)CC2)no1. The predicted molar refractivity (Wildman–Crippen MR) is 105 cm³/mol. The van der Waals surface area contributed by atoms with Crippen LogP contribution in [0, 0.1) is 6.92 Å². The number of hydrogen-bond donors (Lipinski definition) is 1. The maximum atomic E-state index is 12.4. The smallest absolute Gasteiger partial charge is 0.239 e. The van der Waals surface area contributed by atoms with Gasteiger partial charge in [-0.2, -0.15) is 0 Å². The van der Waals surface area contributed by atoms with E-state index in [0.29, 0.717) is 44.2 Å². The lowest BCUT2D eigenvalue weighted by Crippen LogP contribution is -2.50. The summed E-state index contributed by atoms with van der Waals surface area (Å²) in [6.07, 6.45) is 1.22. The number of amides is 2. The van der Waals surface area contributed by atoms with Crippen molar-refractivity contribution >= 4 is 33.6 Å². The number of hydrogen-bond acceptors (Lipinski definition) is 5. The largest absolute Gasteiger partial charge is 0.360 e. The summed E-state index contributed by atoms with van der Waals surface area (Å²) in [6, 6.07) is 9.65. The minimum absolute atomic E-state index is 0.128. The molecule has 0 radical (unpaired) electrons. The minimum Gasteiger partial charge on any atom is -0.360 e. The maximum absolute atomic E-state index is 12.4. The zero-order valence-electron chi connectivity index (χ0n) is 15.3. The Morgan fingerprint density at radius 3 is 2.63 bits per heavy atom. The zero-order chi connectivity index (χ0) is 19.2. The van der Waals surface area contributed by atoms with Crippen molar-refractivity contribution in [3.8, 4) is 0 Å². The average Bonchev–Trinajstić information content (AvgIpc) is 3.06. The number of aromatic nitrogens is 1. The van der Waals surface area contributed by atoms with Crippen molar-refractivity contribution in [2.24, 2.45) is 0 Å². The lowest BCUT2D eigenvalue weighted by molar-refractivity contribution is -0.133. The normalized spacial score (nSPS) is 15.0. The molecule has 1 aromatic heterocycles. The fraction of sp³-hybridized carbons (Fsp3) is 0.421. The molecule has 1 aliphatic rings. The first-order valence-electron chi connectivity index (χ1n) is 8.98. The van der Waals surface area contributed by atoms with Gasteiger partial charge in [0.2, 0.25) is 11.8 Å². The molecule has 0 spiro atoms. The van der Waals surface area contributed by atoms with E-state index < -0.39 is 0 Å². The van der Waals surface area contributed by atoms with Crippen LogP contribution in [0.2, 0.25) is 0 Å². The maximum Gasteiger partial charge on any atom is 0.239 e. The van der Waals surface area contributed by atoms with Crippen LogP contribution in [0.5, 0.6) is 0 Å². The third-order valence-electron chi connectivity index (χ3n) is 4.55. The average molecular weight is 435 g/mol. The van der Waals surface area contributed by atoms with Crippen molar-refractivity contribution < 1.29 is 14.1 Å². The van der Waals surface area contributed by atoms with Crippen molar-refractivity contribution in [3.05, 3.63) is 46.1 Å². The van der Waals surface area contributed by atoms with Gasteiger partial charge in [0.1, 0.15) is 5.76 Å². The Labute approximate surface area is 166 Å². The van der Waals surface area contributed by atoms with Crippen molar-refractivity contribution in [2.45, 2.75) is 19.8 Å². The minimum atomic E-state index is -0.128. The molecule has 0 aliphatic carbocycles. The summed E-state index contributed by atoms with van der Waals surface area (Å²) >= 11 is 3.52. The van der Waals surface area contributed by atoms with Gasteiger partial charge in [-0.25, -0.2) is 0 Å². The van der Waals surface area contributed by atoms with Gasteiger partial charge in [0.05, 0.1) is 6.54 Å². The van der Waals surface area contributed by atoms with Crippen LogP contribution in [-0.2, 0) is 16.0 Å². The van der Waals surface area contributed by atoms with Gasteiger partial charge in [0.25, 0.3) is 0 Å². The number of piperazine rings is 1. The van der Waals surface area contributed by atoms with Gasteiger partial charge < -0.3 is 14.7 Å². The number of nitrogens with one attached hydrogen (secondary N) is 1. The number of aryl methyl sites for hydroxylation is 2. The van der Waals surface area contributed by atoms with Crippen molar-refractivity contribution in [1.82, 2.24) is 15.0 Å². The van der Waals surface area contributed by atoms with Crippen LogP contribution in [0.1, 0.15) is 17.7 Å². The third-order valence-corrected chi connectivity index (χ3v) is 5.33. The Bertz CT molecular complexity index is 800. The number of halogens is 1. The lowest BCUT2D eigenvalue weighted by atomic mass is 10.1. The molecule has 0 saturated carbocycles. The van der Waals surface area contributed by atoms with Gasteiger partial charge >= 0.3 is 0 Å². The van der Waals surface area contributed by atoms with Gasteiger partial charge in [-0.05, 0) is 25.0 Å². The first-order valence-corrected chi connectivity index (χ1v) is 9.77. The molecular formula is C19H23BrN4O3. The van der Waals surface area contributed by atoms with E-state index in [-0.39, 0.29) is 18.4 Å². The van der Waals surface area contributed by atoms with Crippen LogP contribution in [0.15, 0.2) is 39.3 Å². The van der Waals surface area contributed by atoms with Gasteiger partial charge in [-0.15, -0.1) is 0 Å². The molecular weight excluding hydrogens is 412 g/mol. The summed E-state index contributed by atoms with van der Waals surface area (Å²) in [5.74, 6) is 1.11. The molecule has 0 atom stereocenters. The van der Waals surface area contributed by atoms with E-state index in [0.717, 1.165) is 16.5 Å². The Morgan fingerprint density at radius 1 is 1.22 bits per heavy atom. The van der Waals surface area contributed by atoms with Gasteiger partial charge in [0.15, 0.2) is 5.82 Å². The van der Waals surface area contributed by atoms with Crippen LogP contribution < -0.4 is 5.32 Å². The molecule has 1 aromatic carbocycles. The monoisotopic (exact) mass is 434 g/mol. The fourth-order valence-corrected chi connectivity index (χ4v) is 3.55. The van der Waals surface area contributed by atoms with E-state index in [1.54, 1.807) is 13.0 Å². The van der Waals surface area contributed by atoms with Crippen LogP contribution >= 0.6 is 15.9 Å². The first-order chi connectivity index (χ1) is 13.0. The highest BCUT2D eigenvalue weighted by atomic mass is 79.9. The molecule has 1 fully saturated rings. The van der Waals surface area contributed by atoms with E-state index in [1.807, 2.05) is 34.1 Å².